The summed E-state index contributed by atoms with van der Waals surface area (Å²) in [5.74, 6) is 0. The first-order chi connectivity index (χ1) is 5.57. The number of hydrogen-bond donors (Lipinski definition) is 5. The molecule has 0 aromatic carbocycles. The van der Waals surface area contributed by atoms with Crippen LogP contribution in [-0.2, 0) is 4.74 Å². The summed E-state index contributed by atoms with van der Waals surface area (Å²) in [6.45, 7) is -0.596. The number of ether oxygens (including phenoxy) is 1. The van der Waals surface area contributed by atoms with E-state index in [1.807, 2.05) is 0 Å². The molecule has 0 aromatic rings. The van der Waals surface area contributed by atoms with Crippen molar-refractivity contribution in [2.45, 2.75) is 30.7 Å². The van der Waals surface area contributed by atoms with Gasteiger partial charge in [-0.15, -0.1) is 0 Å². The van der Waals surface area contributed by atoms with Crippen molar-refractivity contribution in [1.29, 1.82) is 0 Å². The molecule has 0 aliphatic carbocycles. The molecule has 0 radical (unpaired) electrons. The second-order valence-corrected chi connectivity index (χ2v) is 2.72. The van der Waals surface area contributed by atoms with E-state index >= 15 is 0 Å². The molecule has 6 nitrogen and oxygen atoms in total. The Bertz CT molecular complexity index is 151. The van der Waals surface area contributed by atoms with Gasteiger partial charge in [-0.2, -0.15) is 0 Å². The average Bonchev–Trinajstić information content (AvgIpc) is 2.32. The van der Waals surface area contributed by atoms with Crippen molar-refractivity contribution in [3.63, 3.8) is 0 Å². The quantitative estimate of drug-likeness (QED) is 0.306. The van der Waals surface area contributed by atoms with E-state index in [0.29, 0.717) is 0 Å². The monoisotopic (exact) mass is 180 g/mol. The van der Waals surface area contributed by atoms with Gasteiger partial charge in [0.15, 0.2) is 6.29 Å². The Morgan fingerprint density at radius 1 is 1.17 bits per heavy atom. The molecular weight excluding hydrogens is 168 g/mol. The summed E-state index contributed by atoms with van der Waals surface area (Å²) in [6.07, 6.45) is -6.75. The van der Waals surface area contributed by atoms with E-state index < -0.39 is 37.3 Å². The van der Waals surface area contributed by atoms with Gasteiger partial charge >= 0.3 is 0 Å². The van der Waals surface area contributed by atoms with E-state index in [0.717, 1.165) is 0 Å². The molecule has 5 N–H and O–H groups in total. The minimum absolute atomic E-state index is 0.596. The standard InChI is InChI=1S/C6H12O6/c7-1-2(8)5-3(9)4(10)6(11)12-5/h2-11H,1H2/t2-,3-,4-,5-,6?/m0/s1. The molecule has 1 fully saturated rings. The predicted molar refractivity (Wildman–Crippen MR) is 36.0 cm³/mol. The molecule has 1 aliphatic rings. The molecule has 1 heterocycles. The predicted octanol–water partition coefficient (Wildman–Crippen LogP) is -3.22. The maximum absolute atomic E-state index is 9.12. The molecule has 0 spiro atoms. The second-order valence-electron chi connectivity index (χ2n) is 2.72. The minimum Gasteiger partial charge on any atom is -0.394 e. The highest BCUT2D eigenvalue weighted by Crippen LogP contribution is 2.21. The zero-order valence-electron chi connectivity index (χ0n) is 6.24. The van der Waals surface area contributed by atoms with Gasteiger partial charge in [0.1, 0.15) is 24.4 Å². The fourth-order valence-electron chi connectivity index (χ4n) is 1.11. The zero-order chi connectivity index (χ0) is 9.30. The van der Waals surface area contributed by atoms with Crippen molar-refractivity contribution in [2.75, 3.05) is 6.61 Å². The summed E-state index contributed by atoms with van der Waals surface area (Å²) < 4.78 is 4.58. The zero-order valence-corrected chi connectivity index (χ0v) is 6.24. The van der Waals surface area contributed by atoms with Crippen LogP contribution in [0.1, 0.15) is 0 Å². The topological polar surface area (TPSA) is 110 Å². The van der Waals surface area contributed by atoms with Crippen LogP contribution in [0.2, 0.25) is 0 Å². The van der Waals surface area contributed by atoms with Crippen LogP contribution in [0.3, 0.4) is 0 Å². The lowest BCUT2D eigenvalue weighted by molar-refractivity contribution is -0.150. The van der Waals surface area contributed by atoms with Crippen LogP contribution in [0.5, 0.6) is 0 Å². The lowest BCUT2D eigenvalue weighted by Gasteiger charge is -2.18. The summed E-state index contributed by atoms with van der Waals surface area (Å²) in [5, 5.41) is 44.4. The van der Waals surface area contributed by atoms with Crippen LogP contribution in [-0.4, -0.2) is 62.8 Å². The van der Waals surface area contributed by atoms with E-state index in [1.165, 1.54) is 0 Å². The normalized spacial score (nSPS) is 44.8. The third-order valence-electron chi connectivity index (χ3n) is 1.84. The number of aliphatic hydroxyl groups excluding tert-OH is 5. The van der Waals surface area contributed by atoms with E-state index in [1.54, 1.807) is 0 Å². The van der Waals surface area contributed by atoms with Crippen molar-refractivity contribution >= 4 is 0 Å². The fraction of sp³-hybridized carbons (Fsp3) is 1.00. The molecular formula is C6H12O6. The largest absolute Gasteiger partial charge is 0.394 e. The summed E-state index contributed by atoms with van der Waals surface area (Å²) in [6, 6.07) is 0. The Labute approximate surface area is 68.6 Å². The van der Waals surface area contributed by atoms with Gasteiger partial charge in [0, 0.05) is 0 Å². The van der Waals surface area contributed by atoms with Crippen LogP contribution in [0.25, 0.3) is 0 Å². The first-order valence-electron chi connectivity index (χ1n) is 3.56. The van der Waals surface area contributed by atoms with Crippen molar-refractivity contribution in [3.8, 4) is 0 Å². The highest BCUT2D eigenvalue weighted by atomic mass is 16.6. The number of aliphatic hydroxyl groups is 5. The maximum atomic E-state index is 9.12. The van der Waals surface area contributed by atoms with Crippen LogP contribution in [0.15, 0.2) is 0 Å². The molecule has 0 amide bonds. The molecule has 1 aliphatic heterocycles. The van der Waals surface area contributed by atoms with Crippen molar-refractivity contribution in [3.05, 3.63) is 0 Å². The second kappa shape index (κ2) is 3.65. The van der Waals surface area contributed by atoms with Crippen LogP contribution in [0, 0.1) is 0 Å². The Hall–Kier alpha value is -0.240. The number of rotatable bonds is 2. The third-order valence-corrected chi connectivity index (χ3v) is 1.84. The molecule has 5 atom stereocenters. The van der Waals surface area contributed by atoms with Gasteiger partial charge in [0.05, 0.1) is 6.61 Å². The van der Waals surface area contributed by atoms with Gasteiger partial charge in [-0.3, -0.25) is 0 Å². The Morgan fingerprint density at radius 2 is 1.75 bits per heavy atom. The van der Waals surface area contributed by atoms with E-state index in [4.69, 9.17) is 25.5 Å². The Balaban J connectivity index is 2.58. The molecule has 0 bridgehead atoms. The molecule has 6 heteroatoms. The van der Waals surface area contributed by atoms with Crippen LogP contribution >= 0.6 is 0 Å². The number of hydrogen-bond acceptors (Lipinski definition) is 6. The Morgan fingerprint density at radius 3 is 2.08 bits per heavy atom. The Kier molecular flexibility index (Phi) is 2.99. The van der Waals surface area contributed by atoms with Crippen LogP contribution < -0.4 is 0 Å². The van der Waals surface area contributed by atoms with Crippen molar-refractivity contribution in [2.24, 2.45) is 0 Å². The van der Waals surface area contributed by atoms with Crippen molar-refractivity contribution < 1.29 is 30.3 Å². The fourth-order valence-corrected chi connectivity index (χ4v) is 1.11. The van der Waals surface area contributed by atoms with Crippen molar-refractivity contribution in [1.82, 2.24) is 0 Å². The average molecular weight is 180 g/mol. The molecule has 72 valence electrons. The van der Waals surface area contributed by atoms with Gasteiger partial charge in [0.25, 0.3) is 0 Å². The van der Waals surface area contributed by atoms with Gasteiger partial charge in [0.2, 0.25) is 0 Å². The highest BCUT2D eigenvalue weighted by molar-refractivity contribution is 4.89. The van der Waals surface area contributed by atoms with E-state index in [9.17, 15) is 0 Å². The summed E-state index contributed by atoms with van der Waals surface area (Å²) in [7, 11) is 0. The van der Waals surface area contributed by atoms with Gasteiger partial charge in [-0.05, 0) is 0 Å². The van der Waals surface area contributed by atoms with Gasteiger partial charge in [-0.25, -0.2) is 0 Å². The first kappa shape index (κ1) is 9.85. The first-order valence-corrected chi connectivity index (χ1v) is 3.56. The molecule has 12 heavy (non-hydrogen) atoms. The SMILES string of the molecule is OC[C@H](O)[C@@H]1OC(O)[C@@H](O)[C@@H]1O. The lowest BCUT2D eigenvalue weighted by atomic mass is 10.1. The maximum Gasteiger partial charge on any atom is 0.184 e. The smallest absolute Gasteiger partial charge is 0.184 e. The molecule has 0 saturated carbocycles. The van der Waals surface area contributed by atoms with Gasteiger partial charge in [-0.1, -0.05) is 0 Å². The minimum atomic E-state index is -1.51. The third kappa shape index (κ3) is 1.58. The summed E-state index contributed by atoms with van der Waals surface area (Å²) in [4.78, 5) is 0. The molecule has 1 unspecified atom stereocenters. The van der Waals surface area contributed by atoms with E-state index in [-0.39, 0.29) is 0 Å². The summed E-state index contributed by atoms with van der Waals surface area (Å²) in [5.41, 5.74) is 0. The van der Waals surface area contributed by atoms with E-state index in [2.05, 4.69) is 4.74 Å². The summed E-state index contributed by atoms with van der Waals surface area (Å²) >= 11 is 0. The van der Waals surface area contributed by atoms with Crippen LogP contribution in [0.4, 0.5) is 0 Å². The molecule has 0 aromatic heterocycles. The molecule has 1 rings (SSSR count). The lowest BCUT2D eigenvalue weighted by Crippen LogP contribution is -2.40. The highest BCUT2D eigenvalue weighted by Gasteiger charge is 2.44. The van der Waals surface area contributed by atoms with Gasteiger partial charge < -0.3 is 30.3 Å². The molecule has 1 saturated heterocycles.